The van der Waals surface area contributed by atoms with Crippen molar-refractivity contribution >= 4 is 28.3 Å². The maximum absolute atomic E-state index is 9.51. The minimum Gasteiger partial charge on any atom is -0.507 e. The summed E-state index contributed by atoms with van der Waals surface area (Å²) < 4.78 is 6.11. The van der Waals surface area contributed by atoms with Gasteiger partial charge in [0.25, 0.3) is 0 Å². The first-order valence-electron chi connectivity index (χ1n) is 4.64. The van der Waals surface area contributed by atoms with Gasteiger partial charge in [0, 0.05) is 5.56 Å². The van der Waals surface area contributed by atoms with Gasteiger partial charge in [0.1, 0.15) is 18.1 Å². The van der Waals surface area contributed by atoms with E-state index in [-0.39, 0.29) is 18.2 Å². The van der Waals surface area contributed by atoms with Crippen LogP contribution in [-0.2, 0) is 6.42 Å². The van der Waals surface area contributed by atoms with E-state index in [1.54, 1.807) is 18.2 Å². The van der Waals surface area contributed by atoms with Gasteiger partial charge >= 0.3 is 0 Å². The average molecular weight is 309 g/mol. The molecule has 0 radical (unpaired) electrons. The van der Waals surface area contributed by atoms with Gasteiger partial charge in [-0.25, -0.2) is 0 Å². The van der Waals surface area contributed by atoms with Crippen LogP contribution in [0.3, 0.4) is 0 Å². The Balaban J connectivity index is 0.00000225. The molecule has 0 aliphatic carbocycles. The van der Waals surface area contributed by atoms with Gasteiger partial charge in [-0.3, -0.25) is 0 Å². The summed E-state index contributed by atoms with van der Waals surface area (Å²) in [5.41, 5.74) is 6.39. The van der Waals surface area contributed by atoms with Gasteiger partial charge in [-0.15, -0.1) is 12.4 Å². The van der Waals surface area contributed by atoms with Crippen LogP contribution in [0.1, 0.15) is 5.56 Å². The maximum Gasteiger partial charge on any atom is 0.130 e. The fourth-order valence-corrected chi connectivity index (χ4v) is 1.78. The zero-order valence-corrected chi connectivity index (χ0v) is 11.2. The van der Waals surface area contributed by atoms with Crippen molar-refractivity contribution in [2.45, 2.75) is 6.42 Å². The van der Waals surface area contributed by atoms with Crippen molar-refractivity contribution in [3.05, 3.63) is 34.8 Å². The number of rotatable bonds is 5. The van der Waals surface area contributed by atoms with E-state index >= 15 is 0 Å². The van der Waals surface area contributed by atoms with Crippen LogP contribution >= 0.6 is 28.3 Å². The lowest BCUT2D eigenvalue weighted by molar-refractivity contribution is 0.357. The summed E-state index contributed by atoms with van der Waals surface area (Å²) in [4.78, 5) is 0. The SMILES string of the molecule is C=CCOc1ccc(O)c(Br)c1CCN.Cl. The molecule has 0 amide bonds. The molecule has 1 aromatic rings. The van der Waals surface area contributed by atoms with Crippen LogP contribution in [0.25, 0.3) is 0 Å². The molecular formula is C11H15BrClNO2. The van der Waals surface area contributed by atoms with E-state index in [4.69, 9.17) is 10.5 Å². The van der Waals surface area contributed by atoms with E-state index in [2.05, 4.69) is 22.5 Å². The number of phenols is 1. The molecule has 0 saturated carbocycles. The Morgan fingerprint density at radius 1 is 1.50 bits per heavy atom. The molecule has 0 saturated heterocycles. The Kier molecular flexibility index (Phi) is 7.21. The Morgan fingerprint density at radius 3 is 2.75 bits per heavy atom. The Labute approximate surface area is 110 Å². The molecule has 5 heteroatoms. The van der Waals surface area contributed by atoms with Crippen LogP contribution in [0.4, 0.5) is 0 Å². The summed E-state index contributed by atoms with van der Waals surface area (Å²) in [5, 5.41) is 9.51. The average Bonchev–Trinajstić information content (AvgIpc) is 2.24. The number of phenolic OH excluding ortho intramolecular Hbond substituents is 1. The molecule has 0 unspecified atom stereocenters. The topological polar surface area (TPSA) is 55.5 Å². The highest BCUT2D eigenvalue weighted by atomic mass is 79.9. The van der Waals surface area contributed by atoms with Crippen molar-refractivity contribution < 1.29 is 9.84 Å². The van der Waals surface area contributed by atoms with Crippen molar-refractivity contribution in [2.24, 2.45) is 5.73 Å². The van der Waals surface area contributed by atoms with Gasteiger partial charge < -0.3 is 15.6 Å². The summed E-state index contributed by atoms with van der Waals surface area (Å²) in [5.74, 6) is 0.925. The molecule has 90 valence electrons. The molecule has 0 spiro atoms. The van der Waals surface area contributed by atoms with Crippen LogP contribution in [0, 0.1) is 0 Å². The normalized spacial score (nSPS) is 9.38. The van der Waals surface area contributed by atoms with Gasteiger partial charge in [-0.05, 0) is 41.0 Å². The minimum atomic E-state index is 0. The Morgan fingerprint density at radius 2 is 2.19 bits per heavy atom. The van der Waals surface area contributed by atoms with Crippen LogP contribution in [-0.4, -0.2) is 18.3 Å². The smallest absolute Gasteiger partial charge is 0.130 e. The number of hydrogen-bond donors (Lipinski definition) is 2. The highest BCUT2D eigenvalue weighted by molar-refractivity contribution is 9.10. The lowest BCUT2D eigenvalue weighted by Crippen LogP contribution is -2.06. The molecule has 0 bridgehead atoms. The van der Waals surface area contributed by atoms with E-state index in [0.29, 0.717) is 24.0 Å². The summed E-state index contributed by atoms with van der Waals surface area (Å²) in [6.07, 6.45) is 2.33. The predicted molar refractivity (Wildman–Crippen MR) is 71.5 cm³/mol. The second-order valence-corrected chi connectivity index (χ2v) is 3.81. The Bertz CT molecular complexity index is 358. The standard InChI is InChI=1S/C11H14BrNO2.ClH/c1-2-7-15-10-4-3-9(14)11(12)8(10)5-6-13;/h2-4,14H,1,5-7,13H2;1H. The van der Waals surface area contributed by atoms with Gasteiger partial charge in [0.05, 0.1) is 4.47 Å². The minimum absolute atomic E-state index is 0. The summed E-state index contributed by atoms with van der Waals surface area (Å²) in [7, 11) is 0. The van der Waals surface area contributed by atoms with Gasteiger partial charge in [0.2, 0.25) is 0 Å². The maximum atomic E-state index is 9.51. The fourth-order valence-electron chi connectivity index (χ4n) is 1.25. The summed E-state index contributed by atoms with van der Waals surface area (Å²) in [6, 6.07) is 3.32. The highest BCUT2D eigenvalue weighted by Crippen LogP contribution is 2.34. The van der Waals surface area contributed by atoms with Gasteiger partial charge in [-0.1, -0.05) is 12.7 Å². The van der Waals surface area contributed by atoms with E-state index in [1.807, 2.05) is 0 Å². The largest absolute Gasteiger partial charge is 0.507 e. The molecule has 1 aromatic carbocycles. The molecule has 0 heterocycles. The molecular weight excluding hydrogens is 293 g/mol. The molecule has 16 heavy (non-hydrogen) atoms. The second-order valence-electron chi connectivity index (χ2n) is 3.01. The molecule has 0 aliphatic rings. The third kappa shape index (κ3) is 3.70. The quantitative estimate of drug-likeness (QED) is 0.822. The molecule has 0 atom stereocenters. The van der Waals surface area contributed by atoms with Crippen molar-refractivity contribution in [1.82, 2.24) is 0 Å². The first-order chi connectivity index (χ1) is 7.20. The van der Waals surface area contributed by atoms with E-state index in [0.717, 1.165) is 11.3 Å². The first-order valence-corrected chi connectivity index (χ1v) is 5.44. The molecule has 3 N–H and O–H groups in total. The summed E-state index contributed by atoms with van der Waals surface area (Å²) in [6.45, 7) is 4.53. The van der Waals surface area contributed by atoms with Crippen LogP contribution in [0.2, 0.25) is 0 Å². The third-order valence-electron chi connectivity index (χ3n) is 1.93. The highest BCUT2D eigenvalue weighted by Gasteiger charge is 2.10. The van der Waals surface area contributed by atoms with Crippen molar-refractivity contribution in [2.75, 3.05) is 13.2 Å². The lowest BCUT2D eigenvalue weighted by atomic mass is 10.1. The molecule has 0 aliphatic heterocycles. The number of ether oxygens (including phenoxy) is 1. The molecule has 0 aromatic heterocycles. The molecule has 1 rings (SSSR count). The summed E-state index contributed by atoms with van der Waals surface area (Å²) >= 11 is 3.31. The van der Waals surface area contributed by atoms with E-state index in [9.17, 15) is 5.11 Å². The predicted octanol–water partition coefficient (Wildman–Crippen LogP) is 2.64. The number of benzene rings is 1. The number of nitrogens with two attached hydrogens (primary N) is 1. The number of halogens is 2. The van der Waals surface area contributed by atoms with Crippen molar-refractivity contribution in [3.63, 3.8) is 0 Å². The zero-order chi connectivity index (χ0) is 11.3. The third-order valence-corrected chi connectivity index (χ3v) is 2.82. The van der Waals surface area contributed by atoms with Crippen molar-refractivity contribution in [1.29, 1.82) is 0 Å². The zero-order valence-electron chi connectivity index (χ0n) is 8.78. The lowest BCUT2D eigenvalue weighted by Gasteiger charge is -2.12. The van der Waals surface area contributed by atoms with E-state index < -0.39 is 0 Å². The fraction of sp³-hybridized carbons (Fsp3) is 0.273. The first kappa shape index (κ1) is 15.3. The monoisotopic (exact) mass is 307 g/mol. The van der Waals surface area contributed by atoms with Crippen LogP contribution < -0.4 is 10.5 Å². The van der Waals surface area contributed by atoms with Crippen molar-refractivity contribution in [3.8, 4) is 11.5 Å². The molecule has 0 fully saturated rings. The number of aromatic hydroxyl groups is 1. The van der Waals surface area contributed by atoms with Crippen LogP contribution in [0.15, 0.2) is 29.3 Å². The molecule has 3 nitrogen and oxygen atoms in total. The van der Waals surface area contributed by atoms with E-state index in [1.165, 1.54) is 0 Å². The second kappa shape index (κ2) is 7.54. The number of hydrogen-bond acceptors (Lipinski definition) is 3. The Hall–Kier alpha value is -0.710. The van der Waals surface area contributed by atoms with Crippen LogP contribution in [0.5, 0.6) is 11.5 Å². The van der Waals surface area contributed by atoms with Gasteiger partial charge in [-0.2, -0.15) is 0 Å². The van der Waals surface area contributed by atoms with Gasteiger partial charge in [0.15, 0.2) is 0 Å².